The molecule has 104 valence electrons. The van der Waals surface area contributed by atoms with Gasteiger partial charge in [-0.25, -0.2) is 4.79 Å². The number of carboxylic acid groups (broad SMARTS) is 1. The number of furan rings is 1. The summed E-state index contributed by atoms with van der Waals surface area (Å²) in [7, 11) is 1.71. The number of urea groups is 1. The van der Waals surface area contributed by atoms with Gasteiger partial charge in [0.15, 0.2) is 0 Å². The zero-order chi connectivity index (χ0) is 14.0. The molecule has 1 fully saturated rings. The molecule has 1 aromatic rings. The van der Waals surface area contributed by atoms with Crippen molar-refractivity contribution >= 4 is 12.0 Å². The third-order valence-electron chi connectivity index (χ3n) is 3.21. The first-order chi connectivity index (χ1) is 8.95. The first kappa shape index (κ1) is 13.5. The molecule has 19 heavy (non-hydrogen) atoms. The van der Waals surface area contributed by atoms with Gasteiger partial charge >= 0.3 is 12.0 Å². The van der Waals surface area contributed by atoms with E-state index in [1.54, 1.807) is 16.8 Å². The van der Waals surface area contributed by atoms with Crippen LogP contribution in [0.25, 0.3) is 0 Å². The Kier molecular flexibility index (Phi) is 3.78. The smallest absolute Gasteiger partial charge is 0.320 e. The van der Waals surface area contributed by atoms with E-state index < -0.39 is 5.97 Å². The number of hydrogen-bond acceptors (Lipinski definition) is 3. The van der Waals surface area contributed by atoms with Gasteiger partial charge in [-0.3, -0.25) is 4.79 Å². The van der Waals surface area contributed by atoms with Crippen LogP contribution >= 0.6 is 0 Å². The molecular weight excluding hydrogens is 248 g/mol. The first-order valence-corrected chi connectivity index (χ1v) is 6.23. The molecule has 0 aliphatic carbocycles. The van der Waals surface area contributed by atoms with Gasteiger partial charge in [0.05, 0.1) is 13.0 Å². The van der Waals surface area contributed by atoms with Gasteiger partial charge in [-0.1, -0.05) is 0 Å². The fourth-order valence-electron chi connectivity index (χ4n) is 2.22. The summed E-state index contributed by atoms with van der Waals surface area (Å²) in [6.07, 6.45) is 0.130. The first-order valence-electron chi connectivity index (χ1n) is 6.23. The second-order valence-corrected chi connectivity index (χ2v) is 5.02. The zero-order valence-corrected chi connectivity index (χ0v) is 11.1. The lowest BCUT2D eigenvalue weighted by Crippen LogP contribution is -2.54. The predicted molar refractivity (Wildman–Crippen MR) is 67.6 cm³/mol. The Hall–Kier alpha value is -1.98. The third-order valence-corrected chi connectivity index (χ3v) is 3.21. The molecule has 6 heteroatoms. The minimum Gasteiger partial charge on any atom is -0.481 e. The normalized spacial score (nSPS) is 15.2. The molecule has 6 nitrogen and oxygen atoms in total. The van der Waals surface area contributed by atoms with E-state index in [0.717, 1.165) is 11.5 Å². The lowest BCUT2D eigenvalue weighted by atomic mass is 9.97. The highest BCUT2D eigenvalue weighted by molar-refractivity contribution is 5.75. The number of hydrogen-bond donors (Lipinski definition) is 1. The van der Waals surface area contributed by atoms with E-state index in [9.17, 15) is 9.59 Å². The predicted octanol–water partition coefficient (Wildman–Crippen LogP) is 1.55. The molecule has 1 aliphatic heterocycles. The van der Waals surface area contributed by atoms with Crippen LogP contribution in [0.4, 0.5) is 4.79 Å². The molecule has 1 N–H and O–H groups in total. The Morgan fingerprint density at radius 3 is 2.68 bits per heavy atom. The summed E-state index contributed by atoms with van der Waals surface area (Å²) in [5.74, 6) is 0.842. The Labute approximate surface area is 111 Å². The highest BCUT2D eigenvalue weighted by Crippen LogP contribution is 2.21. The lowest BCUT2D eigenvalue weighted by Gasteiger charge is -2.40. The van der Waals surface area contributed by atoms with E-state index in [1.165, 1.54) is 0 Å². The average molecular weight is 266 g/mol. The molecule has 0 atom stereocenters. The number of rotatable bonds is 4. The van der Waals surface area contributed by atoms with E-state index in [1.807, 2.05) is 19.1 Å². The maximum atomic E-state index is 12.0. The van der Waals surface area contributed by atoms with E-state index in [-0.39, 0.29) is 18.4 Å². The highest BCUT2D eigenvalue weighted by atomic mass is 16.4. The molecule has 0 saturated carbocycles. The molecule has 2 amide bonds. The number of amides is 2. The van der Waals surface area contributed by atoms with Crippen molar-refractivity contribution in [2.75, 3.05) is 20.1 Å². The lowest BCUT2D eigenvalue weighted by molar-refractivity contribution is -0.139. The van der Waals surface area contributed by atoms with Crippen LogP contribution < -0.4 is 0 Å². The molecule has 1 saturated heterocycles. The fourth-order valence-corrected chi connectivity index (χ4v) is 2.22. The van der Waals surface area contributed by atoms with E-state index >= 15 is 0 Å². The number of nitrogens with zero attached hydrogens (tertiary/aromatic N) is 2. The van der Waals surface area contributed by atoms with Crippen LogP contribution in [0.2, 0.25) is 0 Å². The van der Waals surface area contributed by atoms with Gasteiger partial charge in [0.1, 0.15) is 11.5 Å². The average Bonchev–Trinajstić information content (AvgIpc) is 2.67. The van der Waals surface area contributed by atoms with Crippen molar-refractivity contribution in [2.45, 2.75) is 19.9 Å². The highest BCUT2D eigenvalue weighted by Gasteiger charge is 2.33. The maximum Gasteiger partial charge on any atom is 0.320 e. The quantitative estimate of drug-likeness (QED) is 0.897. The van der Waals surface area contributed by atoms with Crippen LogP contribution in [-0.4, -0.2) is 47.0 Å². The fraction of sp³-hybridized carbons (Fsp3) is 0.538. The van der Waals surface area contributed by atoms with Gasteiger partial charge in [-0.2, -0.15) is 0 Å². The Morgan fingerprint density at radius 2 is 2.16 bits per heavy atom. The van der Waals surface area contributed by atoms with Crippen molar-refractivity contribution in [3.63, 3.8) is 0 Å². The van der Waals surface area contributed by atoms with Crippen molar-refractivity contribution < 1.29 is 19.1 Å². The summed E-state index contributed by atoms with van der Waals surface area (Å²) < 4.78 is 5.42. The molecule has 0 spiro atoms. The molecule has 0 bridgehead atoms. The Morgan fingerprint density at radius 1 is 1.47 bits per heavy atom. The van der Waals surface area contributed by atoms with Gasteiger partial charge in [0.2, 0.25) is 0 Å². The number of carbonyl (C=O) groups is 2. The molecule has 0 radical (unpaired) electrons. The summed E-state index contributed by atoms with van der Waals surface area (Å²) in [6, 6.07) is 3.62. The Bertz CT molecular complexity index is 477. The van der Waals surface area contributed by atoms with Crippen LogP contribution in [0.15, 0.2) is 16.5 Å². The van der Waals surface area contributed by atoms with Gasteiger partial charge in [-0.15, -0.1) is 0 Å². The molecule has 2 rings (SSSR count). The van der Waals surface area contributed by atoms with Gasteiger partial charge in [-0.05, 0) is 19.1 Å². The van der Waals surface area contributed by atoms with E-state index in [0.29, 0.717) is 19.6 Å². The van der Waals surface area contributed by atoms with Crippen molar-refractivity contribution in [3.05, 3.63) is 23.7 Å². The van der Waals surface area contributed by atoms with Crippen molar-refractivity contribution in [1.82, 2.24) is 9.80 Å². The molecular formula is C13H18N2O4. The van der Waals surface area contributed by atoms with Crippen LogP contribution in [-0.2, 0) is 11.3 Å². The second kappa shape index (κ2) is 5.34. The van der Waals surface area contributed by atoms with Crippen molar-refractivity contribution in [2.24, 2.45) is 5.92 Å². The van der Waals surface area contributed by atoms with Crippen LogP contribution in [0, 0.1) is 12.8 Å². The van der Waals surface area contributed by atoms with Crippen LogP contribution in [0.1, 0.15) is 17.9 Å². The monoisotopic (exact) mass is 266 g/mol. The summed E-state index contributed by atoms with van der Waals surface area (Å²) in [6.45, 7) is 3.32. The second-order valence-electron chi connectivity index (χ2n) is 5.02. The number of likely N-dealkylation sites (tertiary alicyclic amines) is 1. The van der Waals surface area contributed by atoms with Crippen molar-refractivity contribution in [3.8, 4) is 0 Å². The number of aliphatic carboxylic acids is 1. The minimum atomic E-state index is -0.809. The number of carbonyl (C=O) groups excluding carboxylic acids is 1. The summed E-state index contributed by atoms with van der Waals surface area (Å²) in [5, 5.41) is 8.65. The molecule has 2 heterocycles. The van der Waals surface area contributed by atoms with Gasteiger partial charge in [0, 0.05) is 26.1 Å². The molecule has 0 unspecified atom stereocenters. The minimum absolute atomic E-state index is 0.0840. The SMILES string of the molecule is Cc1ccc(CN(C)C(=O)N2CC(CC(=O)O)C2)o1. The van der Waals surface area contributed by atoms with Gasteiger partial charge in [0.25, 0.3) is 0 Å². The topological polar surface area (TPSA) is 74.0 Å². The number of carboxylic acids is 1. The zero-order valence-electron chi connectivity index (χ0n) is 11.1. The summed E-state index contributed by atoms with van der Waals surface area (Å²) >= 11 is 0. The Balaban J connectivity index is 1.79. The van der Waals surface area contributed by atoms with Crippen LogP contribution in [0.3, 0.4) is 0 Å². The number of aryl methyl sites for hydroxylation is 1. The molecule has 1 aromatic heterocycles. The molecule has 0 aromatic carbocycles. The third kappa shape index (κ3) is 3.27. The van der Waals surface area contributed by atoms with E-state index in [4.69, 9.17) is 9.52 Å². The van der Waals surface area contributed by atoms with Crippen LogP contribution in [0.5, 0.6) is 0 Å². The maximum absolute atomic E-state index is 12.0. The van der Waals surface area contributed by atoms with Crippen molar-refractivity contribution in [1.29, 1.82) is 0 Å². The largest absolute Gasteiger partial charge is 0.481 e. The summed E-state index contributed by atoms with van der Waals surface area (Å²) in [5.41, 5.74) is 0. The van der Waals surface area contributed by atoms with Gasteiger partial charge < -0.3 is 19.3 Å². The molecule has 1 aliphatic rings. The summed E-state index contributed by atoms with van der Waals surface area (Å²) in [4.78, 5) is 25.8. The van der Waals surface area contributed by atoms with E-state index in [2.05, 4.69) is 0 Å². The standard InChI is InChI=1S/C13H18N2O4/c1-9-3-4-11(19-9)8-14(2)13(18)15-6-10(7-15)5-12(16)17/h3-4,10H,5-8H2,1-2H3,(H,16,17).